The van der Waals surface area contributed by atoms with Gasteiger partial charge in [-0.15, -0.1) is 15.3 Å². The van der Waals surface area contributed by atoms with E-state index in [2.05, 4.69) is 40.1 Å². The van der Waals surface area contributed by atoms with Crippen molar-refractivity contribution >= 4 is 11.7 Å². The van der Waals surface area contributed by atoms with Crippen molar-refractivity contribution < 1.29 is 9.53 Å². The molecule has 0 unspecified atom stereocenters. The van der Waals surface area contributed by atoms with Gasteiger partial charge in [-0.1, -0.05) is 6.07 Å². The number of nitrogens with one attached hydrogen (secondary N) is 1. The number of nitrogens with zero attached hydrogens (tertiary/aromatic N) is 8. The van der Waals surface area contributed by atoms with Gasteiger partial charge in [0.2, 0.25) is 5.88 Å². The van der Waals surface area contributed by atoms with E-state index < -0.39 is 5.91 Å². The van der Waals surface area contributed by atoms with E-state index in [1.54, 1.807) is 18.5 Å². The maximum absolute atomic E-state index is 12.9. The van der Waals surface area contributed by atoms with Gasteiger partial charge < -0.3 is 14.6 Å². The number of amides is 1. The molecule has 156 valence electrons. The van der Waals surface area contributed by atoms with Crippen LogP contribution in [0.5, 0.6) is 5.88 Å². The maximum atomic E-state index is 12.9. The third-order valence-corrected chi connectivity index (χ3v) is 4.90. The van der Waals surface area contributed by atoms with E-state index in [0.29, 0.717) is 29.2 Å². The summed E-state index contributed by atoms with van der Waals surface area (Å²) in [5.74, 6) is 2.17. The number of hydrogen-bond acceptors (Lipinski definition) is 8. The van der Waals surface area contributed by atoms with Gasteiger partial charge >= 0.3 is 0 Å². The predicted octanol–water partition coefficient (Wildman–Crippen LogP) is 2.22. The minimum Gasteiger partial charge on any atom is -0.479 e. The molecule has 4 heterocycles. The average Bonchev–Trinajstić information content (AvgIpc) is 3.41. The molecule has 0 bridgehead atoms. The Bertz CT molecular complexity index is 1240. The van der Waals surface area contributed by atoms with E-state index in [-0.39, 0.29) is 11.4 Å². The van der Waals surface area contributed by atoms with E-state index in [9.17, 15) is 4.79 Å². The Morgan fingerprint density at radius 2 is 2.10 bits per heavy atom. The summed E-state index contributed by atoms with van der Waals surface area (Å²) < 4.78 is 8.80. The van der Waals surface area contributed by atoms with Gasteiger partial charge in [-0.25, -0.2) is 14.6 Å². The van der Waals surface area contributed by atoms with Gasteiger partial charge in [-0.2, -0.15) is 0 Å². The van der Waals surface area contributed by atoms with Crippen LogP contribution in [0.25, 0.3) is 17.3 Å². The van der Waals surface area contributed by atoms with Crippen molar-refractivity contribution in [2.45, 2.75) is 25.8 Å². The molecular weight excluding hydrogens is 398 g/mol. The summed E-state index contributed by atoms with van der Waals surface area (Å²) in [4.78, 5) is 25.7. The van der Waals surface area contributed by atoms with Crippen LogP contribution in [0.2, 0.25) is 0 Å². The number of aromatic nitrogens is 8. The summed E-state index contributed by atoms with van der Waals surface area (Å²) in [5.41, 5.74) is 0.893. The Hall–Kier alpha value is -4.15. The zero-order valence-electron chi connectivity index (χ0n) is 16.9. The molecule has 0 radical (unpaired) electrons. The Kier molecular flexibility index (Phi) is 4.62. The van der Waals surface area contributed by atoms with Crippen LogP contribution in [0.1, 0.15) is 35.1 Å². The molecule has 1 aliphatic rings. The Balaban J connectivity index is 1.42. The maximum Gasteiger partial charge on any atom is 0.263 e. The van der Waals surface area contributed by atoms with Crippen LogP contribution in [0.15, 0.2) is 43.0 Å². The lowest BCUT2D eigenvalue weighted by atomic mass is 10.3. The molecule has 11 heteroatoms. The van der Waals surface area contributed by atoms with Gasteiger partial charge in [0.15, 0.2) is 11.6 Å². The van der Waals surface area contributed by atoms with Crippen molar-refractivity contribution in [2.24, 2.45) is 0 Å². The Morgan fingerprint density at radius 3 is 2.84 bits per heavy atom. The second kappa shape index (κ2) is 7.59. The topological polar surface area (TPSA) is 126 Å². The molecular formula is C20H19N9O2. The van der Waals surface area contributed by atoms with Crippen molar-refractivity contribution in [3.63, 3.8) is 0 Å². The monoisotopic (exact) mass is 417 g/mol. The minimum absolute atomic E-state index is 0.170. The van der Waals surface area contributed by atoms with E-state index in [1.807, 2.05) is 19.1 Å². The quantitative estimate of drug-likeness (QED) is 0.506. The van der Waals surface area contributed by atoms with Crippen molar-refractivity contribution in [3.05, 3.63) is 54.4 Å². The Morgan fingerprint density at radius 1 is 1.23 bits per heavy atom. The second-order valence-electron chi connectivity index (χ2n) is 7.09. The summed E-state index contributed by atoms with van der Waals surface area (Å²) in [6, 6.07) is 5.80. The average molecular weight is 417 g/mol. The van der Waals surface area contributed by atoms with E-state index in [1.165, 1.54) is 24.2 Å². The van der Waals surface area contributed by atoms with Gasteiger partial charge in [0.05, 0.1) is 13.3 Å². The summed E-state index contributed by atoms with van der Waals surface area (Å²) >= 11 is 0. The first-order valence-corrected chi connectivity index (χ1v) is 9.74. The summed E-state index contributed by atoms with van der Waals surface area (Å²) in [6.07, 6.45) is 8.39. The van der Waals surface area contributed by atoms with Crippen molar-refractivity contribution in [1.29, 1.82) is 0 Å². The normalized spacial score (nSPS) is 13.2. The number of ether oxygens (including phenoxy) is 1. The van der Waals surface area contributed by atoms with Crippen molar-refractivity contribution in [1.82, 2.24) is 39.5 Å². The zero-order valence-corrected chi connectivity index (χ0v) is 16.9. The molecule has 5 rings (SSSR count). The highest BCUT2D eigenvalue weighted by molar-refractivity contribution is 6.05. The lowest BCUT2D eigenvalue weighted by Gasteiger charge is -2.08. The molecule has 0 saturated heterocycles. The van der Waals surface area contributed by atoms with Gasteiger partial charge in [-0.05, 0) is 31.9 Å². The molecule has 11 nitrogen and oxygen atoms in total. The summed E-state index contributed by atoms with van der Waals surface area (Å²) in [7, 11) is 1.45. The van der Waals surface area contributed by atoms with E-state index in [0.717, 1.165) is 18.7 Å². The summed E-state index contributed by atoms with van der Waals surface area (Å²) in [6.45, 7) is 1.93. The molecule has 0 atom stereocenters. The predicted molar refractivity (Wildman–Crippen MR) is 110 cm³/mol. The highest BCUT2D eigenvalue weighted by Crippen LogP contribution is 2.38. The molecule has 0 aliphatic heterocycles. The number of methoxy groups -OCH3 is 1. The number of aryl methyl sites for hydroxylation is 1. The fourth-order valence-electron chi connectivity index (χ4n) is 3.32. The number of anilines is 1. The Labute approximate surface area is 177 Å². The smallest absolute Gasteiger partial charge is 0.263 e. The molecule has 1 N–H and O–H groups in total. The number of carbonyl (C=O) groups excluding carboxylic acids is 1. The standard InChI is InChI=1S/C20H19N9O2/c1-12-25-26-18(29(12)13-6-7-13)15-4-3-5-16(23-15)24-19(30)14-11-28(27-20(14)31-2)17-10-21-8-9-22-17/h3-5,8-11,13H,6-7H2,1-2H3,(H,23,24,30). The molecule has 1 fully saturated rings. The van der Waals surface area contributed by atoms with E-state index >= 15 is 0 Å². The number of pyridine rings is 1. The van der Waals surface area contributed by atoms with Crippen LogP contribution in [0.4, 0.5) is 5.82 Å². The van der Waals surface area contributed by atoms with Crippen LogP contribution in [0, 0.1) is 6.92 Å². The molecule has 0 spiro atoms. The second-order valence-corrected chi connectivity index (χ2v) is 7.09. The van der Waals surface area contributed by atoms with E-state index in [4.69, 9.17) is 4.74 Å². The highest BCUT2D eigenvalue weighted by atomic mass is 16.5. The number of rotatable bonds is 6. The van der Waals surface area contributed by atoms with Crippen LogP contribution in [0.3, 0.4) is 0 Å². The molecule has 31 heavy (non-hydrogen) atoms. The number of carbonyl (C=O) groups is 1. The first-order chi connectivity index (χ1) is 15.1. The zero-order chi connectivity index (χ0) is 21.4. The van der Waals surface area contributed by atoms with Crippen molar-refractivity contribution in [2.75, 3.05) is 12.4 Å². The highest BCUT2D eigenvalue weighted by Gasteiger charge is 2.29. The van der Waals surface area contributed by atoms with Gasteiger partial charge in [0.1, 0.15) is 22.9 Å². The van der Waals surface area contributed by atoms with Crippen molar-refractivity contribution in [3.8, 4) is 23.2 Å². The molecule has 4 aromatic heterocycles. The van der Waals surface area contributed by atoms with Gasteiger partial charge in [0, 0.05) is 24.6 Å². The largest absolute Gasteiger partial charge is 0.479 e. The third kappa shape index (κ3) is 3.61. The molecule has 0 aromatic carbocycles. The fourth-order valence-corrected chi connectivity index (χ4v) is 3.32. The number of hydrogen-bond donors (Lipinski definition) is 1. The van der Waals surface area contributed by atoms with Crippen LogP contribution < -0.4 is 10.1 Å². The van der Waals surface area contributed by atoms with Crippen LogP contribution in [-0.2, 0) is 0 Å². The first-order valence-electron chi connectivity index (χ1n) is 9.74. The van der Waals surface area contributed by atoms with Gasteiger partial charge in [0.25, 0.3) is 5.91 Å². The lowest BCUT2D eigenvalue weighted by molar-refractivity contribution is 0.102. The van der Waals surface area contributed by atoms with Crippen LogP contribution in [-0.4, -0.2) is 52.5 Å². The molecule has 1 saturated carbocycles. The molecule has 1 amide bonds. The SMILES string of the molecule is COc1nn(-c2cnccn2)cc1C(=O)Nc1cccc(-c2nnc(C)n2C2CC2)n1. The lowest BCUT2D eigenvalue weighted by Crippen LogP contribution is -2.13. The van der Waals surface area contributed by atoms with Gasteiger partial charge in [-0.3, -0.25) is 9.78 Å². The fraction of sp³-hybridized carbons (Fsp3) is 0.250. The van der Waals surface area contributed by atoms with Crippen LogP contribution >= 0.6 is 0 Å². The minimum atomic E-state index is -0.406. The molecule has 1 aliphatic carbocycles. The first kappa shape index (κ1) is 18.9. The molecule has 4 aromatic rings. The third-order valence-electron chi connectivity index (χ3n) is 4.90. The summed E-state index contributed by atoms with van der Waals surface area (Å²) in [5, 5.41) is 15.5.